The molecule has 2 atom stereocenters. The summed E-state index contributed by atoms with van der Waals surface area (Å²) >= 11 is 0. The molecule has 1 amide bonds. The molecule has 2 heterocycles. The highest BCUT2D eigenvalue weighted by atomic mass is 16.6. The van der Waals surface area contributed by atoms with E-state index in [0.29, 0.717) is 25.2 Å². The zero-order valence-corrected chi connectivity index (χ0v) is 12.6. The molecule has 118 valence electrons. The van der Waals surface area contributed by atoms with Crippen molar-refractivity contribution >= 4 is 5.91 Å². The summed E-state index contributed by atoms with van der Waals surface area (Å²) in [6.45, 7) is 3.21. The lowest BCUT2D eigenvalue weighted by Crippen LogP contribution is -2.43. The molecule has 1 aromatic carbocycles. The Morgan fingerprint density at radius 2 is 1.91 bits per heavy atom. The van der Waals surface area contributed by atoms with Crippen molar-refractivity contribution in [3.8, 4) is 11.5 Å². The molecule has 0 aromatic heterocycles. The lowest BCUT2D eigenvalue weighted by molar-refractivity contribution is -0.123. The van der Waals surface area contributed by atoms with E-state index in [-0.39, 0.29) is 11.8 Å². The van der Waals surface area contributed by atoms with Crippen LogP contribution in [0.3, 0.4) is 0 Å². The van der Waals surface area contributed by atoms with Crippen molar-refractivity contribution in [3.05, 3.63) is 23.8 Å². The Labute approximate surface area is 130 Å². The Bertz CT molecular complexity index is 569. The molecule has 2 fully saturated rings. The number of piperidine rings is 1. The van der Waals surface area contributed by atoms with Gasteiger partial charge < -0.3 is 20.1 Å². The maximum absolute atomic E-state index is 12.4. The molecular weight excluding hydrogens is 280 g/mol. The van der Waals surface area contributed by atoms with Gasteiger partial charge in [0, 0.05) is 12.0 Å². The van der Waals surface area contributed by atoms with Crippen LogP contribution in [-0.4, -0.2) is 38.3 Å². The van der Waals surface area contributed by atoms with E-state index >= 15 is 0 Å². The number of nitrogens with one attached hydrogen (secondary N) is 2. The number of amides is 1. The summed E-state index contributed by atoms with van der Waals surface area (Å²) in [7, 11) is 0. The molecule has 3 aliphatic rings. The van der Waals surface area contributed by atoms with Gasteiger partial charge in [-0.2, -0.15) is 0 Å². The number of fused-ring (bicyclic) bond motifs is 1. The van der Waals surface area contributed by atoms with Crippen LogP contribution in [0.15, 0.2) is 18.2 Å². The smallest absolute Gasteiger partial charge is 0.223 e. The van der Waals surface area contributed by atoms with Crippen molar-refractivity contribution in [1.29, 1.82) is 0 Å². The van der Waals surface area contributed by atoms with Crippen molar-refractivity contribution in [1.82, 2.24) is 10.6 Å². The van der Waals surface area contributed by atoms with E-state index < -0.39 is 0 Å². The molecule has 2 aliphatic heterocycles. The predicted octanol–water partition coefficient (Wildman–Crippen LogP) is 1.43. The summed E-state index contributed by atoms with van der Waals surface area (Å²) in [6, 6.07) is 6.41. The van der Waals surface area contributed by atoms with Crippen LogP contribution < -0.4 is 20.1 Å². The molecule has 0 spiro atoms. The highest BCUT2D eigenvalue weighted by Gasteiger charge is 2.44. The van der Waals surface area contributed by atoms with E-state index in [1.807, 2.05) is 12.1 Å². The van der Waals surface area contributed by atoms with Gasteiger partial charge in [-0.15, -0.1) is 0 Å². The first-order valence-electron chi connectivity index (χ1n) is 8.22. The molecule has 2 N–H and O–H groups in total. The first-order chi connectivity index (χ1) is 10.8. The molecule has 1 saturated heterocycles. The Hall–Kier alpha value is -1.75. The van der Waals surface area contributed by atoms with Crippen molar-refractivity contribution in [3.63, 3.8) is 0 Å². The summed E-state index contributed by atoms with van der Waals surface area (Å²) in [5.41, 5.74) is 1.19. The zero-order chi connectivity index (χ0) is 14.9. The van der Waals surface area contributed by atoms with Crippen LogP contribution in [0, 0.1) is 5.92 Å². The lowest BCUT2D eigenvalue weighted by atomic mass is 10.1. The van der Waals surface area contributed by atoms with Gasteiger partial charge in [-0.25, -0.2) is 0 Å². The van der Waals surface area contributed by atoms with Crippen molar-refractivity contribution in [2.24, 2.45) is 5.92 Å². The summed E-state index contributed by atoms with van der Waals surface area (Å²) in [4.78, 5) is 12.4. The maximum atomic E-state index is 12.4. The normalized spacial score (nSPS) is 27.3. The fourth-order valence-electron chi connectivity index (χ4n) is 3.42. The number of carbonyl (C=O) groups excluding carboxylic acids is 1. The molecule has 1 saturated carbocycles. The summed E-state index contributed by atoms with van der Waals surface area (Å²) in [5, 5.41) is 6.53. The third-order valence-electron chi connectivity index (χ3n) is 4.81. The first-order valence-corrected chi connectivity index (χ1v) is 8.22. The maximum Gasteiger partial charge on any atom is 0.223 e. The molecule has 1 aliphatic carbocycles. The quantitative estimate of drug-likeness (QED) is 0.887. The summed E-state index contributed by atoms with van der Waals surface area (Å²) in [6.07, 6.45) is 3.01. The number of rotatable bonds is 3. The number of carbonyl (C=O) groups is 1. The first kappa shape index (κ1) is 13.9. The monoisotopic (exact) mass is 302 g/mol. The number of benzene rings is 1. The van der Waals surface area contributed by atoms with Crippen LogP contribution in [0.5, 0.6) is 11.5 Å². The van der Waals surface area contributed by atoms with Crippen molar-refractivity contribution < 1.29 is 14.3 Å². The number of hydrogen-bond donors (Lipinski definition) is 2. The second-order valence-electron chi connectivity index (χ2n) is 6.38. The van der Waals surface area contributed by atoms with Gasteiger partial charge in [-0.05, 0) is 56.0 Å². The molecule has 1 aromatic rings. The van der Waals surface area contributed by atoms with Crippen LogP contribution in [0.2, 0.25) is 0 Å². The Morgan fingerprint density at radius 1 is 1.14 bits per heavy atom. The average molecular weight is 302 g/mol. The highest BCUT2D eigenvalue weighted by molar-refractivity contribution is 5.83. The number of hydrogen-bond acceptors (Lipinski definition) is 4. The molecule has 0 bridgehead atoms. The Morgan fingerprint density at radius 3 is 2.73 bits per heavy atom. The third kappa shape index (κ3) is 2.77. The van der Waals surface area contributed by atoms with Gasteiger partial charge in [0.1, 0.15) is 13.2 Å². The predicted molar refractivity (Wildman–Crippen MR) is 82.3 cm³/mol. The minimum atomic E-state index is 0.123. The van der Waals surface area contributed by atoms with Crippen LogP contribution in [-0.2, 0) is 4.79 Å². The Balaban J connectivity index is 1.38. The largest absolute Gasteiger partial charge is 0.486 e. The van der Waals surface area contributed by atoms with E-state index in [9.17, 15) is 4.79 Å². The van der Waals surface area contributed by atoms with Crippen LogP contribution in [0.25, 0.3) is 0 Å². The van der Waals surface area contributed by atoms with Crippen molar-refractivity contribution in [2.45, 2.75) is 31.2 Å². The molecule has 22 heavy (non-hydrogen) atoms. The van der Waals surface area contributed by atoms with Crippen LogP contribution in [0.4, 0.5) is 0 Å². The van der Waals surface area contributed by atoms with E-state index in [1.54, 1.807) is 0 Å². The average Bonchev–Trinajstić information content (AvgIpc) is 3.36. The van der Waals surface area contributed by atoms with Crippen LogP contribution >= 0.6 is 0 Å². The van der Waals surface area contributed by atoms with Gasteiger partial charge in [-0.1, -0.05) is 6.07 Å². The van der Waals surface area contributed by atoms with E-state index in [1.165, 1.54) is 5.56 Å². The molecule has 2 unspecified atom stereocenters. The number of ether oxygens (including phenoxy) is 2. The fraction of sp³-hybridized carbons (Fsp3) is 0.588. The van der Waals surface area contributed by atoms with Gasteiger partial charge in [0.25, 0.3) is 0 Å². The van der Waals surface area contributed by atoms with E-state index in [0.717, 1.165) is 43.9 Å². The van der Waals surface area contributed by atoms with Gasteiger partial charge in [0.15, 0.2) is 11.5 Å². The SMILES string of the molecule is O=C(NC1CCNCC1)C1CC1c1ccc2c(c1)OCCO2. The van der Waals surface area contributed by atoms with E-state index in [2.05, 4.69) is 16.7 Å². The molecule has 4 rings (SSSR count). The minimum absolute atomic E-state index is 0.123. The van der Waals surface area contributed by atoms with Gasteiger partial charge in [-0.3, -0.25) is 4.79 Å². The molecule has 5 nitrogen and oxygen atoms in total. The minimum Gasteiger partial charge on any atom is -0.486 e. The van der Waals surface area contributed by atoms with E-state index in [4.69, 9.17) is 9.47 Å². The fourth-order valence-corrected chi connectivity index (χ4v) is 3.42. The topological polar surface area (TPSA) is 59.6 Å². The Kier molecular flexibility index (Phi) is 3.66. The summed E-state index contributed by atoms with van der Waals surface area (Å²) < 4.78 is 11.2. The molecule has 0 radical (unpaired) electrons. The summed E-state index contributed by atoms with van der Waals surface area (Å²) in [5.74, 6) is 2.29. The zero-order valence-electron chi connectivity index (χ0n) is 12.6. The highest BCUT2D eigenvalue weighted by Crippen LogP contribution is 2.49. The van der Waals surface area contributed by atoms with Crippen LogP contribution in [0.1, 0.15) is 30.7 Å². The lowest BCUT2D eigenvalue weighted by Gasteiger charge is -2.23. The standard InChI is InChI=1S/C17H22N2O3/c20-17(19-12-3-5-18-6-4-12)14-10-13(14)11-1-2-15-16(9-11)22-8-7-21-15/h1-2,9,12-14,18H,3-8,10H2,(H,19,20). The van der Waals surface area contributed by atoms with Gasteiger partial charge in [0.2, 0.25) is 5.91 Å². The second-order valence-corrected chi connectivity index (χ2v) is 6.38. The van der Waals surface area contributed by atoms with Gasteiger partial charge in [0.05, 0.1) is 0 Å². The molecule has 5 heteroatoms. The molecular formula is C17H22N2O3. The van der Waals surface area contributed by atoms with Crippen molar-refractivity contribution in [2.75, 3.05) is 26.3 Å². The third-order valence-corrected chi connectivity index (χ3v) is 4.81. The van der Waals surface area contributed by atoms with Gasteiger partial charge >= 0.3 is 0 Å². The second kappa shape index (κ2) is 5.80.